The number of ether oxygens (including phenoxy) is 1. The Morgan fingerprint density at radius 1 is 1.62 bits per heavy atom. The lowest BCUT2D eigenvalue weighted by molar-refractivity contribution is 0.0950. The molecular formula is C11H13ClN2O2. The number of rotatable bonds is 4. The molecule has 0 fully saturated rings. The molecule has 0 heterocycles. The number of hydrogen-bond acceptors (Lipinski definition) is 3. The summed E-state index contributed by atoms with van der Waals surface area (Å²) in [6, 6.07) is 4.76. The summed E-state index contributed by atoms with van der Waals surface area (Å²) in [5.41, 5.74) is 3.19. The summed E-state index contributed by atoms with van der Waals surface area (Å²) < 4.78 is 5.40. The Kier molecular flexibility index (Phi) is 4.34. The van der Waals surface area contributed by atoms with Gasteiger partial charge in [-0.1, -0.05) is 18.2 Å². The monoisotopic (exact) mass is 240 g/mol. The molecule has 0 bridgehead atoms. The van der Waals surface area contributed by atoms with Crippen LogP contribution >= 0.6 is 11.6 Å². The zero-order valence-electron chi connectivity index (χ0n) is 8.92. The van der Waals surface area contributed by atoms with E-state index >= 15 is 0 Å². The Bertz CT molecular complexity index is 418. The number of amides is 1. The molecule has 1 aromatic rings. The van der Waals surface area contributed by atoms with Crippen LogP contribution in [0.4, 0.5) is 0 Å². The van der Waals surface area contributed by atoms with Gasteiger partial charge in [-0.25, -0.2) is 5.84 Å². The molecule has 0 saturated heterocycles. The number of benzene rings is 1. The maximum Gasteiger partial charge on any atom is 0.268 e. The highest BCUT2D eigenvalue weighted by Gasteiger charge is 2.12. The molecule has 0 radical (unpaired) electrons. The molecule has 0 aliphatic carbocycles. The Hall–Kier alpha value is -1.52. The largest absolute Gasteiger partial charge is 0.488 e. The lowest BCUT2D eigenvalue weighted by Crippen LogP contribution is -2.30. The van der Waals surface area contributed by atoms with Gasteiger partial charge in [0.25, 0.3) is 5.91 Å². The molecule has 0 aliphatic rings. The molecule has 5 heteroatoms. The second kappa shape index (κ2) is 5.53. The van der Waals surface area contributed by atoms with Crippen LogP contribution in [0.5, 0.6) is 5.75 Å². The van der Waals surface area contributed by atoms with E-state index in [-0.39, 0.29) is 0 Å². The van der Waals surface area contributed by atoms with Gasteiger partial charge >= 0.3 is 0 Å². The fourth-order valence-corrected chi connectivity index (χ4v) is 1.26. The molecule has 16 heavy (non-hydrogen) atoms. The second-order valence-electron chi connectivity index (χ2n) is 3.36. The zero-order chi connectivity index (χ0) is 12.1. The van der Waals surface area contributed by atoms with Crippen molar-refractivity contribution >= 4 is 17.5 Å². The Morgan fingerprint density at radius 3 is 2.88 bits per heavy atom. The van der Waals surface area contributed by atoms with E-state index in [4.69, 9.17) is 22.2 Å². The Labute approximate surface area is 99.0 Å². The third-order valence-electron chi connectivity index (χ3n) is 1.79. The molecule has 4 nitrogen and oxygen atoms in total. The lowest BCUT2D eigenvalue weighted by atomic mass is 10.2. The molecule has 0 spiro atoms. The fraction of sp³-hybridized carbons (Fsp3) is 0.182. The molecule has 1 aromatic carbocycles. The molecule has 0 unspecified atom stereocenters. The molecule has 1 amide bonds. The number of nitrogens with two attached hydrogens (primary N) is 1. The van der Waals surface area contributed by atoms with Crippen molar-refractivity contribution in [3.8, 4) is 5.75 Å². The summed E-state index contributed by atoms with van der Waals surface area (Å²) in [4.78, 5) is 11.4. The highest BCUT2D eigenvalue weighted by atomic mass is 35.5. The van der Waals surface area contributed by atoms with E-state index in [0.29, 0.717) is 22.9 Å². The van der Waals surface area contributed by atoms with Crippen molar-refractivity contribution in [2.75, 3.05) is 6.61 Å². The predicted molar refractivity (Wildman–Crippen MR) is 63.4 cm³/mol. The molecule has 0 aliphatic heterocycles. The average molecular weight is 241 g/mol. The third-order valence-corrected chi connectivity index (χ3v) is 2.03. The van der Waals surface area contributed by atoms with Gasteiger partial charge in [-0.2, -0.15) is 0 Å². The van der Waals surface area contributed by atoms with Crippen LogP contribution < -0.4 is 16.0 Å². The lowest BCUT2D eigenvalue weighted by Gasteiger charge is -2.10. The summed E-state index contributed by atoms with van der Waals surface area (Å²) in [6.45, 7) is 5.88. The van der Waals surface area contributed by atoms with Crippen LogP contribution in [0.15, 0.2) is 30.4 Å². The average Bonchev–Trinajstić information content (AvgIpc) is 2.26. The van der Waals surface area contributed by atoms with Crippen LogP contribution in [0, 0.1) is 0 Å². The number of hydrogen-bond donors (Lipinski definition) is 2. The van der Waals surface area contributed by atoms with Crippen molar-refractivity contribution in [1.82, 2.24) is 5.43 Å². The van der Waals surface area contributed by atoms with Gasteiger partial charge in [0.15, 0.2) is 0 Å². The van der Waals surface area contributed by atoms with E-state index in [0.717, 1.165) is 5.57 Å². The van der Waals surface area contributed by atoms with Crippen LogP contribution in [0.3, 0.4) is 0 Å². The van der Waals surface area contributed by atoms with E-state index in [1.807, 2.05) is 12.3 Å². The van der Waals surface area contributed by atoms with Gasteiger partial charge in [0.05, 0.1) is 5.56 Å². The van der Waals surface area contributed by atoms with E-state index < -0.39 is 5.91 Å². The highest BCUT2D eigenvalue weighted by molar-refractivity contribution is 6.31. The van der Waals surface area contributed by atoms with Gasteiger partial charge in [0.2, 0.25) is 0 Å². The maximum atomic E-state index is 11.4. The summed E-state index contributed by atoms with van der Waals surface area (Å²) in [5.74, 6) is 5.04. The maximum absolute atomic E-state index is 11.4. The van der Waals surface area contributed by atoms with Gasteiger partial charge < -0.3 is 4.74 Å². The molecule has 86 valence electrons. The quantitative estimate of drug-likeness (QED) is 0.366. The van der Waals surface area contributed by atoms with Crippen molar-refractivity contribution in [3.05, 3.63) is 40.9 Å². The van der Waals surface area contributed by atoms with Gasteiger partial charge in [-0.3, -0.25) is 10.2 Å². The first kappa shape index (κ1) is 12.5. The summed E-state index contributed by atoms with van der Waals surface area (Å²) in [6.07, 6.45) is 0. The van der Waals surface area contributed by atoms with Crippen LogP contribution in [0.25, 0.3) is 0 Å². The van der Waals surface area contributed by atoms with Crippen LogP contribution in [-0.4, -0.2) is 12.5 Å². The summed E-state index contributed by atoms with van der Waals surface area (Å²) in [7, 11) is 0. The van der Waals surface area contributed by atoms with Crippen molar-refractivity contribution in [2.45, 2.75) is 6.92 Å². The Balaban J connectivity index is 2.98. The minimum absolute atomic E-state index is 0.302. The van der Waals surface area contributed by atoms with E-state index in [2.05, 4.69) is 6.58 Å². The smallest absolute Gasteiger partial charge is 0.268 e. The number of nitrogen functional groups attached to an aromatic ring is 1. The number of nitrogens with one attached hydrogen (secondary N) is 1. The molecule has 1 rings (SSSR count). The van der Waals surface area contributed by atoms with Gasteiger partial charge in [-0.05, 0) is 30.7 Å². The van der Waals surface area contributed by atoms with Crippen LogP contribution in [0.1, 0.15) is 17.3 Å². The van der Waals surface area contributed by atoms with Gasteiger partial charge in [0, 0.05) is 5.02 Å². The van der Waals surface area contributed by atoms with Crippen molar-refractivity contribution in [2.24, 2.45) is 5.84 Å². The Morgan fingerprint density at radius 2 is 2.31 bits per heavy atom. The van der Waals surface area contributed by atoms with E-state index in [1.54, 1.807) is 12.1 Å². The third kappa shape index (κ3) is 3.25. The van der Waals surface area contributed by atoms with Crippen molar-refractivity contribution in [3.63, 3.8) is 0 Å². The van der Waals surface area contributed by atoms with Crippen molar-refractivity contribution < 1.29 is 9.53 Å². The number of carbonyl (C=O) groups is 1. The normalized spacial score (nSPS) is 9.69. The van der Waals surface area contributed by atoms with Gasteiger partial charge in [0.1, 0.15) is 12.4 Å². The predicted octanol–water partition coefficient (Wildman–Crippen LogP) is 1.90. The van der Waals surface area contributed by atoms with Crippen molar-refractivity contribution in [1.29, 1.82) is 0 Å². The summed E-state index contributed by atoms with van der Waals surface area (Å²) >= 11 is 5.79. The molecular weight excluding hydrogens is 228 g/mol. The molecule has 0 atom stereocenters. The SMILES string of the molecule is C=C(C)COc1ccc(Cl)cc1C(=O)NN. The fourth-order valence-electron chi connectivity index (χ4n) is 1.08. The number of halogens is 1. The molecule has 3 N–H and O–H groups in total. The molecule has 0 aromatic heterocycles. The summed E-state index contributed by atoms with van der Waals surface area (Å²) in [5, 5.41) is 0.446. The highest BCUT2D eigenvalue weighted by Crippen LogP contribution is 2.23. The second-order valence-corrected chi connectivity index (χ2v) is 3.80. The minimum atomic E-state index is -0.445. The van der Waals surface area contributed by atoms with E-state index in [9.17, 15) is 4.79 Å². The zero-order valence-corrected chi connectivity index (χ0v) is 9.67. The molecule has 0 saturated carbocycles. The first-order valence-electron chi connectivity index (χ1n) is 4.62. The number of carbonyl (C=O) groups excluding carboxylic acids is 1. The van der Waals surface area contributed by atoms with Crippen LogP contribution in [-0.2, 0) is 0 Å². The standard InChI is InChI=1S/C11H13ClN2O2/c1-7(2)6-16-10-4-3-8(12)5-9(10)11(15)14-13/h3-5H,1,6,13H2,2H3,(H,14,15). The minimum Gasteiger partial charge on any atom is -0.488 e. The van der Waals surface area contributed by atoms with E-state index in [1.165, 1.54) is 6.07 Å². The topological polar surface area (TPSA) is 64.3 Å². The number of hydrazine groups is 1. The first-order chi connectivity index (χ1) is 7.54. The van der Waals surface area contributed by atoms with Crippen LogP contribution in [0.2, 0.25) is 5.02 Å². The van der Waals surface area contributed by atoms with Gasteiger partial charge in [-0.15, -0.1) is 0 Å². The first-order valence-corrected chi connectivity index (χ1v) is 5.00.